The number of carbonyl (C=O) groups is 1. The molecule has 0 bridgehead atoms. The molecule has 88 valence electrons. The smallest absolute Gasteiger partial charge is 0.251 e. The average Bonchev–Trinajstić information content (AvgIpc) is 2.28. The summed E-state index contributed by atoms with van der Waals surface area (Å²) in [5, 5.41) is 6.73. The van der Waals surface area contributed by atoms with E-state index in [-0.39, 0.29) is 5.91 Å². The van der Waals surface area contributed by atoms with Gasteiger partial charge >= 0.3 is 0 Å². The second-order valence-electron chi connectivity index (χ2n) is 3.24. The van der Waals surface area contributed by atoms with Crippen LogP contribution in [0.5, 0.6) is 0 Å². The van der Waals surface area contributed by atoms with Crippen LogP contribution in [0, 0.1) is 0 Å². The summed E-state index contributed by atoms with van der Waals surface area (Å²) in [4.78, 5) is 11.6. The molecule has 0 fully saturated rings. The molecule has 3 nitrogen and oxygen atoms in total. The van der Waals surface area contributed by atoms with Crippen molar-refractivity contribution in [3.05, 3.63) is 33.8 Å². The first-order valence-corrected chi connectivity index (χ1v) is 5.84. The van der Waals surface area contributed by atoms with Gasteiger partial charge in [-0.2, -0.15) is 0 Å². The van der Waals surface area contributed by atoms with Gasteiger partial charge in [0, 0.05) is 18.7 Å². The van der Waals surface area contributed by atoms with E-state index in [0.717, 1.165) is 13.1 Å². The fourth-order valence-electron chi connectivity index (χ4n) is 1.18. The monoisotopic (exact) mass is 260 g/mol. The minimum Gasteiger partial charge on any atom is -0.351 e. The molecule has 0 unspecified atom stereocenters. The molecule has 0 aliphatic heterocycles. The zero-order valence-electron chi connectivity index (χ0n) is 9.02. The molecular weight excluding hydrogens is 247 g/mol. The lowest BCUT2D eigenvalue weighted by atomic mass is 10.2. The van der Waals surface area contributed by atoms with Gasteiger partial charge < -0.3 is 10.6 Å². The number of nitrogens with one attached hydrogen (secondary N) is 2. The summed E-state index contributed by atoms with van der Waals surface area (Å²) in [5.41, 5.74) is 0.519. The normalized spacial score (nSPS) is 10.2. The first-order valence-electron chi connectivity index (χ1n) is 5.09. The molecule has 16 heavy (non-hydrogen) atoms. The molecule has 0 radical (unpaired) electrons. The molecule has 1 aromatic carbocycles. The van der Waals surface area contributed by atoms with Crippen molar-refractivity contribution in [1.29, 1.82) is 0 Å². The van der Waals surface area contributed by atoms with Gasteiger partial charge in [0.2, 0.25) is 0 Å². The maximum Gasteiger partial charge on any atom is 0.251 e. The lowest BCUT2D eigenvalue weighted by Crippen LogP contribution is -2.31. The van der Waals surface area contributed by atoms with Gasteiger partial charge in [0.15, 0.2) is 0 Å². The predicted molar refractivity (Wildman–Crippen MR) is 67.3 cm³/mol. The van der Waals surface area contributed by atoms with E-state index >= 15 is 0 Å². The van der Waals surface area contributed by atoms with Crippen molar-refractivity contribution in [1.82, 2.24) is 10.6 Å². The number of halogens is 2. The zero-order chi connectivity index (χ0) is 12.0. The van der Waals surface area contributed by atoms with Gasteiger partial charge in [-0.1, -0.05) is 30.1 Å². The highest BCUT2D eigenvalue weighted by atomic mass is 35.5. The van der Waals surface area contributed by atoms with Gasteiger partial charge in [0.1, 0.15) is 0 Å². The van der Waals surface area contributed by atoms with Crippen LogP contribution in [0.25, 0.3) is 0 Å². The lowest BCUT2D eigenvalue weighted by Gasteiger charge is -2.06. The maximum atomic E-state index is 11.6. The summed E-state index contributed by atoms with van der Waals surface area (Å²) in [6.45, 7) is 4.25. The van der Waals surface area contributed by atoms with E-state index < -0.39 is 0 Å². The van der Waals surface area contributed by atoms with Gasteiger partial charge in [0.05, 0.1) is 10.0 Å². The van der Waals surface area contributed by atoms with E-state index in [4.69, 9.17) is 23.2 Å². The van der Waals surface area contributed by atoms with Crippen LogP contribution in [0.4, 0.5) is 0 Å². The van der Waals surface area contributed by atoms with Crippen molar-refractivity contribution in [2.24, 2.45) is 0 Å². The summed E-state index contributed by atoms with van der Waals surface area (Å²) in [5.74, 6) is -0.142. The Morgan fingerprint density at radius 1 is 1.25 bits per heavy atom. The van der Waals surface area contributed by atoms with E-state index in [1.54, 1.807) is 18.2 Å². The minimum absolute atomic E-state index is 0.142. The van der Waals surface area contributed by atoms with Crippen LogP contribution < -0.4 is 10.6 Å². The van der Waals surface area contributed by atoms with Crippen molar-refractivity contribution in [2.75, 3.05) is 19.6 Å². The topological polar surface area (TPSA) is 41.1 Å². The highest BCUT2D eigenvalue weighted by molar-refractivity contribution is 6.42. The summed E-state index contributed by atoms with van der Waals surface area (Å²) >= 11 is 11.6. The van der Waals surface area contributed by atoms with Crippen molar-refractivity contribution in [3.8, 4) is 0 Å². The van der Waals surface area contributed by atoms with E-state index in [1.807, 2.05) is 6.92 Å². The molecule has 0 heterocycles. The predicted octanol–water partition coefficient (Wildman–Crippen LogP) is 2.33. The standard InChI is InChI=1S/C11H14Cl2N2O/c1-2-14-5-6-15-11(16)8-3-4-9(12)10(13)7-8/h3-4,7,14H,2,5-6H2,1H3,(H,15,16). The van der Waals surface area contributed by atoms with E-state index in [0.29, 0.717) is 22.2 Å². The summed E-state index contributed by atoms with van der Waals surface area (Å²) < 4.78 is 0. The second kappa shape index (κ2) is 6.74. The molecule has 0 spiro atoms. The number of carbonyl (C=O) groups excluding carboxylic acids is 1. The first kappa shape index (κ1) is 13.3. The summed E-state index contributed by atoms with van der Waals surface area (Å²) in [6.07, 6.45) is 0. The van der Waals surface area contributed by atoms with Gasteiger partial charge in [-0.05, 0) is 24.7 Å². The van der Waals surface area contributed by atoms with Crippen LogP contribution in [0.1, 0.15) is 17.3 Å². The zero-order valence-corrected chi connectivity index (χ0v) is 10.5. The van der Waals surface area contributed by atoms with Crippen LogP contribution in [0.2, 0.25) is 10.0 Å². The van der Waals surface area contributed by atoms with Gasteiger partial charge in [-0.25, -0.2) is 0 Å². The molecule has 0 atom stereocenters. The van der Waals surface area contributed by atoms with E-state index in [2.05, 4.69) is 10.6 Å². The van der Waals surface area contributed by atoms with Crippen LogP contribution in [0.3, 0.4) is 0 Å². The molecule has 0 aliphatic carbocycles. The Hall–Kier alpha value is -0.770. The Morgan fingerprint density at radius 3 is 2.62 bits per heavy atom. The highest BCUT2D eigenvalue weighted by Gasteiger charge is 2.06. The number of benzene rings is 1. The van der Waals surface area contributed by atoms with Gasteiger partial charge in [-0.3, -0.25) is 4.79 Å². The van der Waals surface area contributed by atoms with Gasteiger partial charge in [-0.15, -0.1) is 0 Å². The lowest BCUT2D eigenvalue weighted by molar-refractivity contribution is 0.0954. The molecule has 0 saturated carbocycles. The molecule has 0 aromatic heterocycles. The molecular formula is C11H14Cl2N2O. The van der Waals surface area contributed by atoms with E-state index in [9.17, 15) is 4.79 Å². The Kier molecular flexibility index (Phi) is 5.60. The number of likely N-dealkylation sites (N-methyl/N-ethyl adjacent to an activating group) is 1. The molecule has 1 rings (SSSR count). The third-order valence-electron chi connectivity index (χ3n) is 2.02. The Balaban J connectivity index is 2.50. The Labute approximate surface area is 105 Å². The van der Waals surface area contributed by atoms with Crippen molar-refractivity contribution < 1.29 is 4.79 Å². The summed E-state index contributed by atoms with van der Waals surface area (Å²) in [6, 6.07) is 4.83. The number of hydrogen-bond donors (Lipinski definition) is 2. The molecule has 5 heteroatoms. The Morgan fingerprint density at radius 2 is 2.00 bits per heavy atom. The van der Waals surface area contributed by atoms with Crippen LogP contribution in [-0.4, -0.2) is 25.5 Å². The number of rotatable bonds is 5. The fourth-order valence-corrected chi connectivity index (χ4v) is 1.48. The maximum absolute atomic E-state index is 11.6. The molecule has 1 aromatic rings. The van der Waals surface area contributed by atoms with Crippen molar-refractivity contribution in [2.45, 2.75) is 6.92 Å². The largest absolute Gasteiger partial charge is 0.351 e. The third kappa shape index (κ3) is 4.00. The summed E-state index contributed by atoms with van der Waals surface area (Å²) in [7, 11) is 0. The molecule has 0 aliphatic rings. The van der Waals surface area contributed by atoms with Gasteiger partial charge in [0.25, 0.3) is 5.91 Å². The van der Waals surface area contributed by atoms with Crippen LogP contribution in [-0.2, 0) is 0 Å². The van der Waals surface area contributed by atoms with E-state index in [1.165, 1.54) is 0 Å². The first-order chi connectivity index (χ1) is 7.65. The Bertz CT molecular complexity index is 369. The fraction of sp³-hybridized carbons (Fsp3) is 0.364. The average molecular weight is 261 g/mol. The van der Waals surface area contributed by atoms with Crippen molar-refractivity contribution >= 4 is 29.1 Å². The quantitative estimate of drug-likeness (QED) is 0.799. The minimum atomic E-state index is -0.142. The second-order valence-corrected chi connectivity index (χ2v) is 4.05. The molecule has 0 saturated heterocycles. The molecule has 2 N–H and O–H groups in total. The molecule has 1 amide bonds. The highest BCUT2D eigenvalue weighted by Crippen LogP contribution is 2.22. The van der Waals surface area contributed by atoms with Crippen LogP contribution in [0.15, 0.2) is 18.2 Å². The number of amides is 1. The number of hydrogen-bond acceptors (Lipinski definition) is 2. The SMILES string of the molecule is CCNCCNC(=O)c1ccc(Cl)c(Cl)c1. The van der Waals surface area contributed by atoms with Crippen LogP contribution >= 0.6 is 23.2 Å². The third-order valence-corrected chi connectivity index (χ3v) is 2.76. The van der Waals surface area contributed by atoms with Crippen molar-refractivity contribution in [3.63, 3.8) is 0 Å².